The second-order valence-electron chi connectivity index (χ2n) is 14.1. The fourth-order valence-electron chi connectivity index (χ4n) is 6.19. The van der Waals surface area contributed by atoms with Gasteiger partial charge in [-0.3, -0.25) is 43.2 Å². The lowest BCUT2D eigenvalue weighted by molar-refractivity contribution is -0.144. The highest BCUT2D eigenvalue weighted by molar-refractivity contribution is 6.40. The fourth-order valence-corrected chi connectivity index (χ4v) is 6.19. The predicted octanol–water partition coefficient (Wildman–Crippen LogP) is -0.0340. The van der Waals surface area contributed by atoms with E-state index in [2.05, 4.69) is 27.8 Å². The molecule has 2 aliphatic rings. The Bertz CT molecular complexity index is 1440. The molecular formula is C36H54N6O11. The van der Waals surface area contributed by atoms with Gasteiger partial charge in [0.25, 0.3) is 0 Å². The first-order chi connectivity index (χ1) is 24.9. The molecule has 0 saturated carbocycles. The number of nitrogens with two attached hydrogens (primary N) is 1. The van der Waals surface area contributed by atoms with E-state index in [0.717, 1.165) is 0 Å². The number of amides is 5. The van der Waals surface area contributed by atoms with E-state index in [1.807, 2.05) is 12.2 Å². The standard InChI is InChI=1S/C36H54N6O11/c1-6-11-23(31(48)30(47)21-12-8-7-9-13-21)38-34(51)25-14-10-17-42(25)36(53)29(20(4)5)41-35(52)28(19(2)3)40-33(50)24(15-16-26(43)44)39-32(49)22(37)18-27(45)46/h6-8,19-25,28-29H,1,9-18,37H2,2-5H3,(H,38,51)(H,39,49)(H,40,50)(H,41,52)(H,43,44)(H,45,46)/t21?,22-,23+,24-,25-,28-,29-/m0/s1. The summed E-state index contributed by atoms with van der Waals surface area (Å²) in [6.45, 7) is 10.4. The van der Waals surface area contributed by atoms with Crippen LogP contribution in [0.4, 0.5) is 0 Å². The molecule has 1 unspecified atom stereocenters. The zero-order valence-electron chi connectivity index (χ0n) is 30.8. The number of likely N-dealkylation sites (tertiary alicyclic amines) is 1. The minimum absolute atomic E-state index is 0.0164. The van der Waals surface area contributed by atoms with Crippen LogP contribution in [-0.4, -0.2) is 111 Å². The van der Waals surface area contributed by atoms with E-state index >= 15 is 0 Å². The number of carboxylic acids is 2. The second-order valence-corrected chi connectivity index (χ2v) is 14.1. The summed E-state index contributed by atoms with van der Waals surface area (Å²) in [5.74, 6) is -9.34. The van der Waals surface area contributed by atoms with Crippen LogP contribution in [0, 0.1) is 17.8 Å². The molecule has 1 heterocycles. The second kappa shape index (κ2) is 20.9. The van der Waals surface area contributed by atoms with Crippen molar-refractivity contribution in [2.24, 2.45) is 23.5 Å². The van der Waals surface area contributed by atoms with E-state index in [1.165, 1.54) is 11.0 Å². The summed E-state index contributed by atoms with van der Waals surface area (Å²) in [6, 6.07) is -7.57. The SMILES string of the molecule is C=CC[C@@H](NC(=O)[C@@H]1CCCN1C(=O)[C@@H](NC(=O)[C@@H](NC(=O)[C@H](CCC(=O)O)NC(=O)[C@@H](N)CC(=O)O)C(C)C)C(C)C)C(=O)C(=O)C1CC=CCC1. The van der Waals surface area contributed by atoms with Crippen molar-refractivity contribution in [2.45, 2.75) is 122 Å². The lowest BCUT2D eigenvalue weighted by Gasteiger charge is -2.33. The Kier molecular flexibility index (Phi) is 17.5. The Labute approximate surface area is 308 Å². The van der Waals surface area contributed by atoms with Crippen molar-refractivity contribution in [1.29, 1.82) is 0 Å². The highest BCUT2D eigenvalue weighted by Crippen LogP contribution is 2.23. The first kappa shape index (κ1) is 44.2. The Morgan fingerprint density at radius 3 is 2.02 bits per heavy atom. The number of aliphatic carboxylic acids is 2. The van der Waals surface area contributed by atoms with Gasteiger partial charge in [-0.2, -0.15) is 0 Å². The minimum atomic E-state index is -1.53. The molecule has 1 aliphatic heterocycles. The van der Waals surface area contributed by atoms with E-state index in [-0.39, 0.29) is 19.4 Å². The number of carboxylic acid groups (broad SMARTS) is 2. The van der Waals surface area contributed by atoms with Crippen molar-refractivity contribution in [3.63, 3.8) is 0 Å². The van der Waals surface area contributed by atoms with Crippen LogP contribution in [-0.2, 0) is 43.2 Å². The highest BCUT2D eigenvalue weighted by atomic mass is 16.4. The van der Waals surface area contributed by atoms with Gasteiger partial charge in [-0.15, -0.1) is 6.58 Å². The molecule has 0 spiro atoms. The maximum atomic E-state index is 14.0. The monoisotopic (exact) mass is 746 g/mol. The van der Waals surface area contributed by atoms with Gasteiger partial charge in [-0.05, 0) is 56.8 Å². The Morgan fingerprint density at radius 2 is 1.47 bits per heavy atom. The van der Waals surface area contributed by atoms with Gasteiger partial charge in [-0.25, -0.2) is 0 Å². The van der Waals surface area contributed by atoms with Crippen LogP contribution in [0.2, 0.25) is 0 Å². The first-order valence-electron chi connectivity index (χ1n) is 17.9. The van der Waals surface area contributed by atoms with E-state index in [1.54, 1.807) is 27.7 Å². The molecule has 7 atom stereocenters. The van der Waals surface area contributed by atoms with Crippen LogP contribution in [0.25, 0.3) is 0 Å². The molecule has 0 aromatic heterocycles. The quantitative estimate of drug-likeness (QED) is 0.0603. The lowest BCUT2D eigenvalue weighted by atomic mass is 9.86. The summed E-state index contributed by atoms with van der Waals surface area (Å²) in [5.41, 5.74) is 5.60. The molecule has 1 aliphatic carbocycles. The smallest absolute Gasteiger partial charge is 0.305 e. The van der Waals surface area contributed by atoms with Crippen molar-refractivity contribution in [3.8, 4) is 0 Å². The number of nitrogens with zero attached hydrogens (tertiary/aromatic N) is 1. The summed E-state index contributed by atoms with van der Waals surface area (Å²) >= 11 is 0. The summed E-state index contributed by atoms with van der Waals surface area (Å²) in [6.07, 6.45) is 5.95. The fraction of sp³-hybridized carbons (Fsp3) is 0.639. The van der Waals surface area contributed by atoms with Crippen molar-refractivity contribution in [3.05, 3.63) is 24.8 Å². The summed E-state index contributed by atoms with van der Waals surface area (Å²) in [4.78, 5) is 117. The van der Waals surface area contributed by atoms with Gasteiger partial charge in [0.2, 0.25) is 41.1 Å². The molecule has 1 saturated heterocycles. The number of carbonyl (C=O) groups excluding carboxylic acids is 7. The maximum Gasteiger partial charge on any atom is 0.305 e. The molecule has 0 bridgehead atoms. The molecule has 5 amide bonds. The number of rotatable bonds is 21. The Morgan fingerprint density at radius 1 is 0.830 bits per heavy atom. The van der Waals surface area contributed by atoms with Crippen molar-refractivity contribution in [2.75, 3.05) is 6.54 Å². The molecule has 294 valence electrons. The number of ketones is 2. The van der Waals surface area contributed by atoms with Crippen LogP contribution in [0.5, 0.6) is 0 Å². The maximum absolute atomic E-state index is 14.0. The third-order valence-electron chi connectivity index (χ3n) is 9.25. The molecule has 2 rings (SSSR count). The number of Topliss-reactive ketones (excluding diaryl/α,β-unsaturated/α-hetero) is 2. The van der Waals surface area contributed by atoms with Crippen molar-refractivity contribution in [1.82, 2.24) is 26.2 Å². The van der Waals surface area contributed by atoms with Crippen LogP contribution < -0.4 is 27.0 Å². The number of allylic oxidation sites excluding steroid dienone is 2. The highest BCUT2D eigenvalue weighted by Gasteiger charge is 2.41. The summed E-state index contributed by atoms with van der Waals surface area (Å²) in [7, 11) is 0. The molecule has 0 aromatic carbocycles. The van der Waals surface area contributed by atoms with Gasteiger partial charge in [0.15, 0.2) is 0 Å². The van der Waals surface area contributed by atoms with Gasteiger partial charge in [0.1, 0.15) is 24.2 Å². The van der Waals surface area contributed by atoms with Crippen LogP contribution in [0.15, 0.2) is 24.8 Å². The molecular weight excluding hydrogens is 692 g/mol. The Balaban J connectivity index is 2.20. The summed E-state index contributed by atoms with van der Waals surface area (Å²) < 4.78 is 0. The molecule has 53 heavy (non-hydrogen) atoms. The van der Waals surface area contributed by atoms with Gasteiger partial charge in [-0.1, -0.05) is 45.9 Å². The topological polar surface area (TPSA) is 271 Å². The van der Waals surface area contributed by atoms with Crippen LogP contribution in [0.3, 0.4) is 0 Å². The number of nitrogens with one attached hydrogen (secondary N) is 4. The largest absolute Gasteiger partial charge is 0.481 e. The average molecular weight is 747 g/mol. The number of hydrogen-bond acceptors (Lipinski definition) is 10. The average Bonchev–Trinajstić information content (AvgIpc) is 3.60. The van der Waals surface area contributed by atoms with Gasteiger partial charge in [0, 0.05) is 18.9 Å². The van der Waals surface area contributed by atoms with E-state index in [9.17, 15) is 43.2 Å². The normalized spacial score (nSPS) is 19.6. The van der Waals surface area contributed by atoms with Crippen molar-refractivity contribution < 1.29 is 53.4 Å². The number of hydrogen-bond donors (Lipinski definition) is 7. The van der Waals surface area contributed by atoms with E-state index in [0.29, 0.717) is 25.7 Å². The molecule has 8 N–H and O–H groups in total. The third kappa shape index (κ3) is 13.2. The van der Waals surface area contributed by atoms with Crippen LogP contribution >= 0.6 is 0 Å². The van der Waals surface area contributed by atoms with Gasteiger partial charge in [0.05, 0.1) is 18.5 Å². The molecule has 17 heteroatoms. The summed E-state index contributed by atoms with van der Waals surface area (Å²) in [5, 5.41) is 28.2. The van der Waals surface area contributed by atoms with Crippen LogP contribution in [0.1, 0.15) is 85.5 Å². The van der Waals surface area contributed by atoms with Crippen molar-refractivity contribution >= 4 is 53.0 Å². The van der Waals surface area contributed by atoms with Gasteiger partial charge >= 0.3 is 11.9 Å². The zero-order chi connectivity index (χ0) is 40.0. The third-order valence-corrected chi connectivity index (χ3v) is 9.25. The molecule has 17 nitrogen and oxygen atoms in total. The number of carbonyl (C=O) groups is 9. The van der Waals surface area contributed by atoms with E-state index < -0.39 is 126 Å². The first-order valence-corrected chi connectivity index (χ1v) is 17.9. The minimum Gasteiger partial charge on any atom is -0.481 e. The Hall–Kier alpha value is -4.93. The molecule has 0 aromatic rings. The lowest BCUT2D eigenvalue weighted by Crippen LogP contribution is -2.61. The molecule has 1 fully saturated rings. The zero-order valence-corrected chi connectivity index (χ0v) is 30.8. The van der Waals surface area contributed by atoms with E-state index in [4.69, 9.17) is 15.9 Å². The molecule has 0 radical (unpaired) electrons. The predicted molar refractivity (Wildman–Crippen MR) is 191 cm³/mol. The van der Waals surface area contributed by atoms with Gasteiger partial charge < -0.3 is 42.1 Å².